The van der Waals surface area contributed by atoms with Crippen LogP contribution >= 0.6 is 0 Å². The molecule has 0 saturated heterocycles. The number of azo groups is 1. The van der Waals surface area contributed by atoms with Crippen LogP contribution in [0, 0.1) is 6.92 Å². The maximum atomic E-state index is 12.8. The molecule has 1 amide bonds. The Morgan fingerprint density at radius 3 is 2.19 bits per heavy atom. The summed E-state index contributed by atoms with van der Waals surface area (Å²) in [5.74, 6) is -0.541. The number of benzene rings is 2. The summed E-state index contributed by atoms with van der Waals surface area (Å²) in [4.78, 5) is 12.1. The van der Waals surface area contributed by atoms with E-state index in [1.807, 2.05) is 0 Å². The van der Waals surface area contributed by atoms with Crippen molar-refractivity contribution in [2.45, 2.75) is 29.7 Å². The molecule has 1 aliphatic rings. The van der Waals surface area contributed by atoms with Gasteiger partial charge in [-0.2, -0.15) is 37.2 Å². The molecule has 32 heavy (non-hydrogen) atoms. The van der Waals surface area contributed by atoms with Gasteiger partial charge in [0.05, 0.1) is 23.4 Å². The van der Waals surface area contributed by atoms with E-state index >= 15 is 0 Å². The summed E-state index contributed by atoms with van der Waals surface area (Å²) in [5.41, 5.74) is 0.896. The van der Waals surface area contributed by atoms with Gasteiger partial charge in [0, 0.05) is 6.07 Å². The lowest BCUT2D eigenvalue weighted by Crippen LogP contribution is -2.29. The van der Waals surface area contributed by atoms with E-state index in [9.17, 15) is 26.2 Å². The standard InChI is InChI=1S/C18H18N4O8S2/c1-10-8-14(15(30-3)9-16(10)32(27,28)29)19-20-17-11(2)21-22(18(17)23)12-4-6-13(7-5-12)31(24,25)26/h4-9,17H,1-3H3,(H,24,25,26)(H,27,28,29). The van der Waals surface area contributed by atoms with E-state index < -0.39 is 32.2 Å². The number of rotatable bonds is 6. The van der Waals surface area contributed by atoms with Gasteiger partial charge >= 0.3 is 0 Å². The average molecular weight is 482 g/mol. The minimum atomic E-state index is -4.47. The van der Waals surface area contributed by atoms with Crippen LogP contribution in [-0.2, 0) is 25.0 Å². The average Bonchev–Trinajstić information content (AvgIpc) is 2.98. The van der Waals surface area contributed by atoms with Crippen molar-refractivity contribution in [2.24, 2.45) is 15.3 Å². The molecule has 170 valence electrons. The zero-order valence-electron chi connectivity index (χ0n) is 17.0. The van der Waals surface area contributed by atoms with Crippen LogP contribution in [0.5, 0.6) is 5.75 Å². The van der Waals surface area contributed by atoms with E-state index in [2.05, 4.69) is 15.3 Å². The number of carbonyl (C=O) groups excluding carboxylic acids is 1. The number of amides is 1. The summed E-state index contributed by atoms with van der Waals surface area (Å²) in [6, 6.07) is 6.21. The summed E-state index contributed by atoms with van der Waals surface area (Å²) in [7, 11) is -7.56. The molecular weight excluding hydrogens is 464 g/mol. The maximum Gasteiger partial charge on any atom is 0.294 e. The quantitative estimate of drug-likeness (QED) is 0.466. The largest absolute Gasteiger partial charge is 0.494 e. The SMILES string of the molecule is COc1cc(S(=O)(=O)O)c(C)cc1N=NC1C(=O)N(c2ccc(S(=O)(=O)O)cc2)N=C1C. The molecule has 1 atom stereocenters. The molecule has 2 aromatic carbocycles. The first-order valence-corrected chi connectivity index (χ1v) is 11.7. The zero-order valence-corrected chi connectivity index (χ0v) is 18.6. The first kappa shape index (κ1) is 23.5. The number of hydrogen-bond donors (Lipinski definition) is 2. The topological polar surface area (TPSA) is 175 Å². The molecular formula is C18H18N4O8S2. The Bertz CT molecular complexity index is 1350. The molecule has 0 bridgehead atoms. The Hall–Kier alpha value is -3.20. The van der Waals surface area contributed by atoms with Crippen molar-refractivity contribution in [1.82, 2.24) is 0 Å². The third kappa shape index (κ3) is 4.67. The summed E-state index contributed by atoms with van der Waals surface area (Å²) < 4.78 is 68.7. The molecule has 3 rings (SSSR count). The second-order valence-corrected chi connectivity index (χ2v) is 9.55. The summed E-state index contributed by atoms with van der Waals surface area (Å²) in [5, 5.41) is 13.2. The predicted molar refractivity (Wildman–Crippen MR) is 113 cm³/mol. The Kier molecular flexibility index (Phi) is 6.15. The molecule has 0 radical (unpaired) electrons. The van der Waals surface area contributed by atoms with E-state index in [1.54, 1.807) is 6.92 Å². The number of anilines is 1. The van der Waals surface area contributed by atoms with E-state index in [0.29, 0.717) is 5.71 Å². The minimum absolute atomic E-state index is 0.0182. The molecule has 1 heterocycles. The van der Waals surface area contributed by atoms with Crippen molar-refractivity contribution in [2.75, 3.05) is 12.1 Å². The van der Waals surface area contributed by atoms with Gasteiger partial charge in [-0.15, -0.1) is 0 Å². The lowest BCUT2D eigenvalue weighted by atomic mass is 10.2. The van der Waals surface area contributed by atoms with Gasteiger partial charge in [-0.1, -0.05) is 0 Å². The van der Waals surface area contributed by atoms with Gasteiger partial charge in [0.15, 0.2) is 6.04 Å². The number of ether oxygens (including phenoxy) is 1. The van der Waals surface area contributed by atoms with E-state index in [-0.39, 0.29) is 32.5 Å². The smallest absolute Gasteiger partial charge is 0.294 e. The monoisotopic (exact) mass is 482 g/mol. The normalized spacial score (nSPS) is 17.2. The molecule has 0 saturated carbocycles. The Balaban J connectivity index is 1.89. The van der Waals surface area contributed by atoms with Gasteiger partial charge in [0.25, 0.3) is 26.1 Å². The highest BCUT2D eigenvalue weighted by molar-refractivity contribution is 7.86. The molecule has 2 aromatic rings. The molecule has 0 spiro atoms. The molecule has 1 unspecified atom stereocenters. The van der Waals surface area contributed by atoms with Crippen LogP contribution in [0.3, 0.4) is 0 Å². The number of aryl methyl sites for hydroxylation is 1. The number of hydrogen-bond acceptors (Lipinski definition) is 9. The van der Waals surface area contributed by atoms with E-state index in [0.717, 1.165) is 23.2 Å². The van der Waals surface area contributed by atoms with Crippen molar-refractivity contribution in [3.8, 4) is 5.75 Å². The third-order valence-electron chi connectivity index (χ3n) is 4.51. The molecule has 2 N–H and O–H groups in total. The Morgan fingerprint density at radius 1 is 1.03 bits per heavy atom. The molecule has 0 fully saturated rings. The van der Waals surface area contributed by atoms with Gasteiger partial charge in [-0.25, -0.2) is 0 Å². The number of carbonyl (C=O) groups is 1. The van der Waals surface area contributed by atoms with Gasteiger partial charge < -0.3 is 4.74 Å². The molecule has 0 aromatic heterocycles. The number of methoxy groups -OCH3 is 1. The minimum Gasteiger partial charge on any atom is -0.494 e. The second kappa shape index (κ2) is 8.38. The molecule has 14 heteroatoms. The third-order valence-corrected chi connectivity index (χ3v) is 6.37. The first-order chi connectivity index (χ1) is 14.8. The van der Waals surface area contributed by atoms with Crippen molar-refractivity contribution in [3.63, 3.8) is 0 Å². The fraction of sp³-hybridized carbons (Fsp3) is 0.222. The van der Waals surface area contributed by atoms with Gasteiger partial charge in [-0.3, -0.25) is 13.9 Å². The Morgan fingerprint density at radius 2 is 1.66 bits per heavy atom. The van der Waals surface area contributed by atoms with Gasteiger partial charge in [0.2, 0.25) is 0 Å². The summed E-state index contributed by atoms with van der Waals surface area (Å²) in [6.45, 7) is 3.00. The fourth-order valence-corrected chi connectivity index (χ4v) is 4.13. The van der Waals surface area contributed by atoms with Crippen LogP contribution in [0.25, 0.3) is 0 Å². The van der Waals surface area contributed by atoms with Crippen molar-refractivity contribution >= 4 is 43.2 Å². The molecule has 1 aliphatic heterocycles. The lowest BCUT2D eigenvalue weighted by molar-refractivity contribution is -0.117. The van der Waals surface area contributed by atoms with Gasteiger partial charge in [0.1, 0.15) is 16.3 Å². The molecule has 0 aliphatic carbocycles. The van der Waals surface area contributed by atoms with Crippen LogP contribution in [0.4, 0.5) is 11.4 Å². The summed E-state index contributed by atoms with van der Waals surface area (Å²) in [6.07, 6.45) is 0. The summed E-state index contributed by atoms with van der Waals surface area (Å²) >= 11 is 0. The highest BCUT2D eigenvalue weighted by Gasteiger charge is 2.35. The number of hydrazone groups is 1. The van der Waals surface area contributed by atoms with Crippen LogP contribution in [-0.4, -0.2) is 50.7 Å². The van der Waals surface area contributed by atoms with Crippen LogP contribution in [0.15, 0.2) is 61.5 Å². The maximum absolute atomic E-state index is 12.8. The van der Waals surface area contributed by atoms with Crippen LogP contribution < -0.4 is 9.75 Å². The Labute approximate surface area is 183 Å². The van der Waals surface area contributed by atoms with Crippen molar-refractivity contribution in [3.05, 3.63) is 42.0 Å². The highest BCUT2D eigenvalue weighted by Crippen LogP contribution is 2.34. The van der Waals surface area contributed by atoms with Crippen molar-refractivity contribution in [1.29, 1.82) is 0 Å². The fourth-order valence-electron chi connectivity index (χ4n) is 2.93. The lowest BCUT2D eigenvalue weighted by Gasteiger charge is -2.13. The molecule has 12 nitrogen and oxygen atoms in total. The number of nitrogens with zero attached hydrogens (tertiary/aromatic N) is 4. The second-order valence-electron chi connectivity index (χ2n) is 6.74. The zero-order chi connectivity index (χ0) is 23.8. The predicted octanol–water partition coefficient (Wildman–Crippen LogP) is 2.37. The van der Waals surface area contributed by atoms with Crippen LogP contribution in [0.1, 0.15) is 12.5 Å². The van der Waals surface area contributed by atoms with Gasteiger partial charge in [-0.05, 0) is 49.7 Å². The van der Waals surface area contributed by atoms with Crippen molar-refractivity contribution < 1.29 is 35.5 Å². The van der Waals surface area contributed by atoms with E-state index in [4.69, 9.17) is 9.29 Å². The first-order valence-electron chi connectivity index (χ1n) is 8.86. The highest BCUT2D eigenvalue weighted by atomic mass is 32.2. The van der Waals surface area contributed by atoms with E-state index in [1.165, 1.54) is 32.2 Å². The van der Waals surface area contributed by atoms with Crippen LogP contribution in [0.2, 0.25) is 0 Å².